The topological polar surface area (TPSA) is 57.7 Å². The number of rotatable bonds is 3. The first-order valence-corrected chi connectivity index (χ1v) is 9.02. The van der Waals surface area contributed by atoms with Crippen molar-refractivity contribution in [2.45, 2.75) is 51.1 Å². The van der Waals surface area contributed by atoms with Crippen molar-refractivity contribution in [3.8, 4) is 0 Å². The summed E-state index contributed by atoms with van der Waals surface area (Å²) in [7, 11) is -3.62. The van der Waals surface area contributed by atoms with Crippen LogP contribution in [0.3, 0.4) is 0 Å². The van der Waals surface area contributed by atoms with Gasteiger partial charge >= 0.3 is 6.18 Å². The lowest BCUT2D eigenvalue weighted by molar-refractivity contribution is -0.159. The Balaban J connectivity index is 2.82. The number of piperazine rings is 1. The molecule has 9 heteroatoms. The van der Waals surface area contributed by atoms with Crippen LogP contribution in [0.4, 0.5) is 13.2 Å². The summed E-state index contributed by atoms with van der Waals surface area (Å²) >= 11 is 0. The summed E-state index contributed by atoms with van der Waals surface area (Å²) in [5.74, 6) is -1.18. The lowest BCUT2D eigenvalue weighted by Gasteiger charge is -2.47. The number of carbonyl (C=O) groups is 1. The van der Waals surface area contributed by atoms with Crippen LogP contribution in [-0.2, 0) is 14.6 Å². The first-order chi connectivity index (χ1) is 10.1. The van der Waals surface area contributed by atoms with Gasteiger partial charge in [-0.25, -0.2) is 8.42 Å². The maximum Gasteiger partial charge on any atom is 0.401 e. The van der Waals surface area contributed by atoms with Crippen molar-refractivity contribution in [1.29, 1.82) is 0 Å². The van der Waals surface area contributed by atoms with Gasteiger partial charge in [-0.15, -0.1) is 0 Å². The standard InChI is InChI=1S/C14H25F3N2O3S/c1-12(2,3)23(21,22)8-11(20)19-7-6-18(9-13(19,4)5)10-14(15,16)17/h6-10H2,1-5H3. The van der Waals surface area contributed by atoms with E-state index in [9.17, 15) is 26.4 Å². The Bertz CT molecular complexity index is 551. The van der Waals surface area contributed by atoms with Gasteiger partial charge < -0.3 is 4.90 Å². The molecule has 0 N–H and O–H groups in total. The average molecular weight is 358 g/mol. The number of amides is 1. The Morgan fingerprint density at radius 2 is 1.65 bits per heavy atom. The molecule has 1 aliphatic rings. The Morgan fingerprint density at radius 1 is 1.13 bits per heavy atom. The molecule has 5 nitrogen and oxygen atoms in total. The Hall–Kier alpha value is -0.830. The first-order valence-electron chi connectivity index (χ1n) is 7.37. The summed E-state index contributed by atoms with van der Waals surface area (Å²) in [5.41, 5.74) is -0.853. The molecule has 1 fully saturated rings. The van der Waals surface area contributed by atoms with E-state index in [1.165, 1.54) is 30.6 Å². The van der Waals surface area contributed by atoms with Gasteiger partial charge in [-0.2, -0.15) is 13.2 Å². The SMILES string of the molecule is CC1(C)CN(CC(F)(F)F)CCN1C(=O)CS(=O)(=O)C(C)(C)C. The zero-order valence-corrected chi connectivity index (χ0v) is 15.0. The number of carbonyl (C=O) groups excluding carboxylic acids is 1. The predicted molar refractivity (Wildman–Crippen MR) is 81.8 cm³/mol. The van der Waals surface area contributed by atoms with E-state index in [0.29, 0.717) is 0 Å². The molecule has 1 rings (SSSR count). The van der Waals surface area contributed by atoms with Crippen LogP contribution >= 0.6 is 0 Å². The van der Waals surface area contributed by atoms with Crippen LogP contribution in [0.15, 0.2) is 0 Å². The van der Waals surface area contributed by atoms with E-state index in [2.05, 4.69) is 0 Å². The third-order valence-electron chi connectivity index (χ3n) is 3.93. The van der Waals surface area contributed by atoms with Gasteiger partial charge in [0.25, 0.3) is 0 Å². The van der Waals surface area contributed by atoms with E-state index in [0.717, 1.165) is 0 Å². The van der Waals surface area contributed by atoms with Gasteiger partial charge in [-0.1, -0.05) is 0 Å². The van der Waals surface area contributed by atoms with E-state index in [1.807, 2.05) is 0 Å². The van der Waals surface area contributed by atoms with Gasteiger partial charge in [0.15, 0.2) is 9.84 Å². The quantitative estimate of drug-likeness (QED) is 0.770. The number of nitrogens with zero attached hydrogens (tertiary/aromatic N) is 2. The van der Waals surface area contributed by atoms with Crippen molar-refractivity contribution >= 4 is 15.7 Å². The van der Waals surface area contributed by atoms with E-state index >= 15 is 0 Å². The van der Waals surface area contributed by atoms with Gasteiger partial charge in [-0.3, -0.25) is 9.69 Å². The minimum atomic E-state index is -4.29. The number of hydrogen-bond donors (Lipinski definition) is 0. The molecule has 23 heavy (non-hydrogen) atoms. The van der Waals surface area contributed by atoms with Crippen molar-refractivity contribution in [2.24, 2.45) is 0 Å². The molecule has 0 unspecified atom stereocenters. The molecule has 0 aromatic heterocycles. The number of hydrogen-bond acceptors (Lipinski definition) is 4. The van der Waals surface area contributed by atoms with Crippen molar-refractivity contribution < 1.29 is 26.4 Å². The smallest absolute Gasteiger partial charge is 0.334 e. The monoisotopic (exact) mass is 358 g/mol. The number of sulfone groups is 1. The minimum Gasteiger partial charge on any atom is -0.334 e. The van der Waals surface area contributed by atoms with E-state index < -0.39 is 44.5 Å². The molecule has 0 aliphatic carbocycles. The van der Waals surface area contributed by atoms with Crippen LogP contribution < -0.4 is 0 Å². The third-order valence-corrected chi connectivity index (χ3v) is 6.42. The van der Waals surface area contributed by atoms with Crippen molar-refractivity contribution in [3.63, 3.8) is 0 Å². The molecule has 0 spiro atoms. The van der Waals surface area contributed by atoms with Crippen molar-refractivity contribution in [1.82, 2.24) is 9.80 Å². The zero-order valence-electron chi connectivity index (χ0n) is 14.2. The lowest BCUT2D eigenvalue weighted by Crippen LogP contribution is -2.63. The van der Waals surface area contributed by atoms with Crippen LogP contribution in [0.1, 0.15) is 34.6 Å². The molecule has 1 aliphatic heterocycles. The van der Waals surface area contributed by atoms with Gasteiger partial charge in [0.05, 0.1) is 16.8 Å². The second-order valence-corrected chi connectivity index (χ2v) is 10.3. The van der Waals surface area contributed by atoms with E-state index in [-0.39, 0.29) is 19.6 Å². The average Bonchev–Trinajstić information content (AvgIpc) is 2.22. The highest BCUT2D eigenvalue weighted by atomic mass is 32.2. The normalized spacial score (nSPS) is 20.6. The molecule has 0 bridgehead atoms. The fourth-order valence-electron chi connectivity index (χ4n) is 2.56. The molecule has 0 atom stereocenters. The van der Waals surface area contributed by atoms with Crippen LogP contribution in [0, 0.1) is 0 Å². The summed E-state index contributed by atoms with van der Waals surface area (Å²) in [4.78, 5) is 15.0. The van der Waals surface area contributed by atoms with Gasteiger partial charge in [0.1, 0.15) is 5.75 Å². The van der Waals surface area contributed by atoms with Crippen molar-refractivity contribution in [2.75, 3.05) is 31.9 Å². The van der Waals surface area contributed by atoms with Gasteiger partial charge in [0.2, 0.25) is 5.91 Å². The molecular formula is C14H25F3N2O3S. The van der Waals surface area contributed by atoms with Crippen LogP contribution in [-0.4, -0.2) is 72.5 Å². The predicted octanol–water partition coefficient (Wildman–Crippen LogP) is 1.68. The van der Waals surface area contributed by atoms with E-state index in [4.69, 9.17) is 0 Å². The highest BCUT2D eigenvalue weighted by Gasteiger charge is 2.42. The molecule has 0 aromatic rings. The highest BCUT2D eigenvalue weighted by Crippen LogP contribution is 2.26. The molecular weight excluding hydrogens is 333 g/mol. The summed E-state index contributed by atoms with van der Waals surface area (Å²) in [6.45, 7) is 7.03. The molecule has 136 valence electrons. The third kappa shape index (κ3) is 5.34. The molecule has 0 aromatic carbocycles. The molecule has 1 heterocycles. The summed E-state index contributed by atoms with van der Waals surface area (Å²) in [5, 5.41) is 0. The number of alkyl halides is 3. The zero-order chi connectivity index (χ0) is 18.3. The van der Waals surface area contributed by atoms with Crippen LogP contribution in [0.25, 0.3) is 0 Å². The highest BCUT2D eigenvalue weighted by molar-refractivity contribution is 7.93. The Labute approximate surface area is 135 Å². The van der Waals surface area contributed by atoms with Crippen LogP contribution in [0.5, 0.6) is 0 Å². The summed E-state index contributed by atoms with van der Waals surface area (Å²) in [6.07, 6.45) is -4.29. The van der Waals surface area contributed by atoms with E-state index in [1.54, 1.807) is 13.8 Å². The Morgan fingerprint density at radius 3 is 2.04 bits per heavy atom. The van der Waals surface area contributed by atoms with Crippen molar-refractivity contribution in [3.05, 3.63) is 0 Å². The van der Waals surface area contributed by atoms with Crippen LogP contribution in [0.2, 0.25) is 0 Å². The second kappa shape index (κ2) is 6.23. The first kappa shape index (κ1) is 20.2. The second-order valence-electron chi connectivity index (χ2n) is 7.56. The summed E-state index contributed by atoms with van der Waals surface area (Å²) in [6, 6.07) is 0. The fourth-order valence-corrected chi connectivity index (χ4v) is 3.48. The largest absolute Gasteiger partial charge is 0.401 e. The minimum absolute atomic E-state index is 0.0494. The lowest BCUT2D eigenvalue weighted by atomic mass is 9.98. The fraction of sp³-hybridized carbons (Fsp3) is 0.929. The molecule has 1 saturated heterocycles. The Kier molecular flexibility index (Phi) is 5.48. The number of halogens is 3. The summed E-state index contributed by atoms with van der Waals surface area (Å²) < 4.78 is 60.8. The maximum atomic E-state index is 12.5. The molecule has 1 amide bonds. The van der Waals surface area contributed by atoms with Gasteiger partial charge in [0, 0.05) is 19.6 Å². The maximum absolute atomic E-state index is 12.5. The molecule has 0 radical (unpaired) electrons. The molecule has 0 saturated carbocycles. The van der Waals surface area contributed by atoms with Gasteiger partial charge in [-0.05, 0) is 34.6 Å².